The summed E-state index contributed by atoms with van der Waals surface area (Å²) in [5.74, 6) is -11.2. The van der Waals surface area contributed by atoms with Crippen LogP contribution < -0.4 is 54.0 Å². The number of unbranched alkanes of at least 4 members (excludes halogenated alkanes) is 12. The molecule has 0 bridgehead atoms. The number of primary amides is 2. The maximum absolute atomic E-state index is 15.1. The quantitative estimate of drug-likeness (QED) is 0.0222. The van der Waals surface area contributed by atoms with Crippen LogP contribution in [0.15, 0.2) is 23.4 Å². The minimum Gasteiger partial charge on any atom is -0.393 e. The minimum absolute atomic E-state index is 0.000632. The van der Waals surface area contributed by atoms with Crippen LogP contribution in [0.5, 0.6) is 0 Å². The first-order chi connectivity index (χ1) is 44.2. The number of carbonyl (C=O) groups is 10. The van der Waals surface area contributed by atoms with E-state index >= 15 is 4.79 Å². The van der Waals surface area contributed by atoms with Crippen LogP contribution in [0.3, 0.4) is 0 Å². The predicted octanol–water partition coefficient (Wildman–Crippen LogP) is 0.291. The van der Waals surface area contributed by atoms with Gasteiger partial charge in [-0.05, 0) is 83.0 Å². The molecular weight excluding hydrogens is 1240 g/mol. The zero-order chi connectivity index (χ0) is 70.7. The Hall–Kier alpha value is -5.79. The van der Waals surface area contributed by atoms with Crippen LogP contribution in [-0.4, -0.2) is 211 Å². The third-order valence-corrected chi connectivity index (χ3v) is 18.2. The molecule has 0 aromatic carbocycles. The molecule has 10 amide bonds. The second-order valence-electron chi connectivity index (χ2n) is 26.9. The fourth-order valence-corrected chi connectivity index (χ4v) is 12.2. The van der Waals surface area contributed by atoms with Gasteiger partial charge in [-0.15, -0.1) is 11.8 Å². The molecule has 0 aromatic rings. The summed E-state index contributed by atoms with van der Waals surface area (Å²) in [6.45, 7) is 8.28. The van der Waals surface area contributed by atoms with E-state index in [2.05, 4.69) is 42.5 Å². The number of allylic oxidation sites excluding steroid dienone is 1. The number of aliphatic hydroxyl groups is 7. The van der Waals surface area contributed by atoms with Gasteiger partial charge in [-0.2, -0.15) is 0 Å². The molecule has 2 heterocycles. The Morgan fingerprint density at radius 2 is 1.17 bits per heavy atom. The lowest BCUT2D eigenvalue weighted by Crippen LogP contribution is -2.68. The van der Waals surface area contributed by atoms with Crippen molar-refractivity contribution in [1.29, 1.82) is 0 Å². The number of hydrogen-bond acceptors (Lipinski definition) is 18. The van der Waals surface area contributed by atoms with Crippen molar-refractivity contribution in [3.05, 3.63) is 23.4 Å². The Bertz CT molecular complexity index is 2470. The number of amides is 10. The number of rotatable bonds is 41. The van der Waals surface area contributed by atoms with Gasteiger partial charge in [-0.1, -0.05) is 117 Å². The van der Waals surface area contributed by atoms with Gasteiger partial charge in [0.25, 0.3) is 5.91 Å². The molecule has 29 heteroatoms. The Labute approximate surface area is 559 Å². The van der Waals surface area contributed by atoms with Crippen LogP contribution >= 0.6 is 11.8 Å². The summed E-state index contributed by atoms with van der Waals surface area (Å²) in [7, 11) is 5.91. The number of nitrogens with one attached hydrogen (secondary N) is 8. The van der Waals surface area contributed by atoms with E-state index in [1.807, 2.05) is 21.1 Å². The summed E-state index contributed by atoms with van der Waals surface area (Å²) >= 11 is 0.852. The molecule has 0 saturated carbocycles. The molecule has 28 nitrogen and oxygen atoms in total. The predicted molar refractivity (Wildman–Crippen MR) is 355 cm³/mol. The van der Waals surface area contributed by atoms with Gasteiger partial charge >= 0.3 is 0 Å². The highest BCUT2D eigenvalue weighted by Gasteiger charge is 2.48. The number of hydrogen-bond donors (Lipinski definition) is 17. The van der Waals surface area contributed by atoms with Gasteiger partial charge in [0, 0.05) is 24.8 Å². The van der Waals surface area contributed by atoms with Gasteiger partial charge in [-0.3, -0.25) is 47.9 Å². The van der Waals surface area contributed by atoms with E-state index in [0.29, 0.717) is 49.6 Å². The third-order valence-electron chi connectivity index (χ3n) is 17.2. The monoisotopic (exact) mass is 1350 g/mol. The highest BCUT2D eigenvalue weighted by molar-refractivity contribution is 8.02. The van der Waals surface area contributed by atoms with Gasteiger partial charge in [0.1, 0.15) is 54.1 Å². The summed E-state index contributed by atoms with van der Waals surface area (Å²) < 4.78 is 0.594. The van der Waals surface area contributed by atoms with Crippen LogP contribution in [0, 0.1) is 11.8 Å². The van der Waals surface area contributed by atoms with E-state index in [9.17, 15) is 78.9 Å². The average Bonchev–Trinajstić information content (AvgIpc) is 1.20. The summed E-state index contributed by atoms with van der Waals surface area (Å²) in [6.07, 6.45) is 9.21. The van der Waals surface area contributed by atoms with Crippen molar-refractivity contribution >= 4 is 70.8 Å². The number of aliphatic hydroxyl groups excluding tert-OH is 7. The minimum atomic E-state index is -2.27. The van der Waals surface area contributed by atoms with E-state index in [1.54, 1.807) is 13.8 Å². The lowest BCUT2D eigenvalue weighted by molar-refractivity contribution is -0.873. The molecular formula is C65H116N11O17S+. The molecule has 0 radical (unpaired) electrons. The molecule has 2 aliphatic heterocycles. The maximum atomic E-state index is 15.1. The second kappa shape index (κ2) is 44.1. The topological polar surface area (TPSA) is 461 Å². The number of nitrogens with two attached hydrogens (primary N) is 2. The van der Waals surface area contributed by atoms with Crippen molar-refractivity contribution in [2.75, 3.05) is 33.4 Å². The number of quaternary nitrogens is 1. The summed E-state index contributed by atoms with van der Waals surface area (Å²) in [4.78, 5) is 136. The summed E-state index contributed by atoms with van der Waals surface area (Å²) in [5, 5.41) is 94.9. The van der Waals surface area contributed by atoms with Gasteiger partial charge in [0.05, 0.1) is 70.1 Å². The van der Waals surface area contributed by atoms with Crippen LogP contribution in [-0.2, 0) is 47.9 Å². The SMILES string of the molecule is C/C=C1\NC(=O)C(NC(=O)[C@H](C)NC(=O)C(C)C(O)CCCCCCCCCCCCCCCC(O)CC(O)CC(O)CC(O)CC(O)CCC(O)C[N+](C)(C)C)CC2(CS/C=C\NC(=O)[C@H](CC(N)=O)NC(=O)[C@H](CCC(N)=O)NC2=O)NC(=O)[C@H]([C@@H](C)CC)NC1=O. The number of thioether (sulfide) groups is 1. The van der Waals surface area contributed by atoms with Crippen molar-refractivity contribution in [2.24, 2.45) is 23.3 Å². The van der Waals surface area contributed by atoms with Crippen molar-refractivity contribution < 1.29 is 88.2 Å². The third kappa shape index (κ3) is 33.7. The molecule has 2 aliphatic rings. The smallest absolute Gasteiger partial charge is 0.268 e. The lowest BCUT2D eigenvalue weighted by Gasteiger charge is -2.38. The molecule has 0 aromatic heterocycles. The number of likely N-dealkylation sites (N-methyl/N-ethyl adjacent to an activating group) is 1. The Morgan fingerprint density at radius 1 is 0.649 bits per heavy atom. The van der Waals surface area contributed by atoms with Crippen LogP contribution in [0.25, 0.3) is 0 Å². The lowest BCUT2D eigenvalue weighted by atomic mass is 9.88. The molecule has 1 spiro atoms. The van der Waals surface area contributed by atoms with Gasteiger partial charge < -0.3 is 94.2 Å². The van der Waals surface area contributed by atoms with Crippen molar-refractivity contribution in [1.82, 2.24) is 42.5 Å². The van der Waals surface area contributed by atoms with Gasteiger partial charge in [0.2, 0.25) is 53.2 Å². The van der Waals surface area contributed by atoms with Crippen molar-refractivity contribution in [3.63, 3.8) is 0 Å². The molecule has 19 N–H and O–H groups in total. The molecule has 538 valence electrons. The van der Waals surface area contributed by atoms with E-state index in [1.165, 1.54) is 32.3 Å². The fourth-order valence-electron chi connectivity index (χ4n) is 11.3. The van der Waals surface area contributed by atoms with E-state index in [0.717, 1.165) is 95.0 Å². The van der Waals surface area contributed by atoms with Crippen LogP contribution in [0.1, 0.15) is 202 Å². The van der Waals surface area contributed by atoms with E-state index in [4.69, 9.17) is 11.5 Å². The van der Waals surface area contributed by atoms with Gasteiger partial charge in [0.15, 0.2) is 0 Å². The number of nitrogens with zero attached hydrogens (tertiary/aromatic N) is 1. The molecule has 15 atom stereocenters. The highest BCUT2D eigenvalue weighted by atomic mass is 32.2. The summed E-state index contributed by atoms with van der Waals surface area (Å²) in [5.41, 5.74) is 8.23. The molecule has 0 aliphatic carbocycles. The van der Waals surface area contributed by atoms with Gasteiger partial charge in [-0.25, -0.2) is 0 Å². The molecule has 1 saturated heterocycles. The Kier molecular flexibility index (Phi) is 39.6. The molecule has 2 rings (SSSR count). The van der Waals surface area contributed by atoms with E-state index in [-0.39, 0.29) is 31.4 Å². The normalized spacial score (nSPS) is 23.6. The zero-order valence-corrected chi connectivity index (χ0v) is 57.7. The van der Waals surface area contributed by atoms with Crippen LogP contribution in [0.2, 0.25) is 0 Å². The van der Waals surface area contributed by atoms with Crippen molar-refractivity contribution in [2.45, 2.75) is 280 Å². The first-order valence-electron chi connectivity index (χ1n) is 33.7. The molecule has 10 unspecified atom stereocenters. The largest absolute Gasteiger partial charge is 0.393 e. The van der Waals surface area contributed by atoms with E-state index < -0.39 is 181 Å². The molecule has 1 fully saturated rings. The summed E-state index contributed by atoms with van der Waals surface area (Å²) in [6, 6.07) is -7.65. The standard InChI is InChI=1S/C65H115N11O17S/c1-9-40(3)56-63(92)75-65(39-94-31-30-68-59(88)51(36-55(67)85)71-61(90)50(73-64(65)93)28-29-54(66)84)37-52(62(91)70-49(10-2)60(89)74-56)72-58(87)42(5)69-57(86)41(4)53(83)25-23-21-19-17-15-13-11-12-14-16-18-20-22-24-43(77)32-46(80)34-48(82)35-47(81)33-44(78)26-27-45(79)38-76(6,7)8/h10,30-31,40-48,50-53,56,77-83H,9,11-29,32-39H2,1-8H3,(H11-,66,67,68,69,70,71,72,73,74,75,84,85,86,87,88,89,90,91,92,93)/p+1/b31-30-,49-10-/t40-,41?,42-,43?,44?,45?,46?,47?,48?,50-,51-,52?,53?,56-,65?/m0/s1. The fraction of sp³-hybridized carbons (Fsp3) is 0.785. The van der Waals surface area contributed by atoms with Crippen LogP contribution in [0.4, 0.5) is 0 Å². The zero-order valence-electron chi connectivity index (χ0n) is 56.8. The number of carbonyl (C=O) groups excluding carboxylic acids is 10. The maximum Gasteiger partial charge on any atom is 0.268 e. The Balaban J connectivity index is 1.94. The second-order valence-corrected chi connectivity index (χ2v) is 27.8. The first kappa shape index (κ1) is 84.3. The average molecular weight is 1360 g/mol. The first-order valence-corrected chi connectivity index (χ1v) is 34.8. The molecule has 94 heavy (non-hydrogen) atoms. The highest BCUT2D eigenvalue weighted by Crippen LogP contribution is 2.26. The van der Waals surface area contributed by atoms with Crippen molar-refractivity contribution in [3.8, 4) is 0 Å². The Morgan fingerprint density at radius 3 is 1.69 bits per heavy atom.